The molecule has 0 aliphatic rings. The van der Waals surface area contributed by atoms with Gasteiger partial charge in [-0.05, 0) is 49.2 Å². The van der Waals surface area contributed by atoms with Crippen LogP contribution in [0.2, 0.25) is 0 Å². The van der Waals surface area contributed by atoms with Gasteiger partial charge in [0.25, 0.3) is 0 Å². The molecule has 0 aliphatic carbocycles. The maximum Gasteiger partial charge on any atom is 0.193 e. The van der Waals surface area contributed by atoms with E-state index in [1.807, 2.05) is 57.3 Å². The van der Waals surface area contributed by atoms with E-state index in [-0.39, 0.29) is 5.78 Å². The smallest absolute Gasteiger partial charge is 0.193 e. The number of carbonyl (C=O) groups is 1. The number of benzene rings is 2. The minimum absolute atomic E-state index is 0.0240. The number of ether oxygens (including phenoxy) is 1. The van der Waals surface area contributed by atoms with Crippen molar-refractivity contribution in [2.24, 2.45) is 0 Å². The van der Waals surface area contributed by atoms with Crippen LogP contribution in [0.1, 0.15) is 27.0 Å². The van der Waals surface area contributed by atoms with Crippen molar-refractivity contribution < 1.29 is 9.53 Å². The number of hydrogen-bond acceptors (Lipinski definition) is 3. The lowest BCUT2D eigenvalue weighted by Crippen LogP contribution is -2.04. The first kappa shape index (κ1) is 14.1. The van der Waals surface area contributed by atoms with Crippen molar-refractivity contribution in [1.29, 1.82) is 0 Å². The summed E-state index contributed by atoms with van der Waals surface area (Å²) in [5.41, 5.74) is 4.24. The lowest BCUT2D eigenvalue weighted by molar-refractivity contribution is 0.103. The average molecular weight is 269 g/mol. The highest BCUT2D eigenvalue weighted by molar-refractivity contribution is 6.09. The van der Waals surface area contributed by atoms with Gasteiger partial charge in [-0.2, -0.15) is 0 Å². The molecule has 0 saturated heterocycles. The molecular weight excluding hydrogens is 250 g/mol. The number of anilines is 1. The highest BCUT2D eigenvalue weighted by atomic mass is 16.5. The van der Waals surface area contributed by atoms with E-state index < -0.39 is 0 Å². The van der Waals surface area contributed by atoms with Gasteiger partial charge in [0.2, 0.25) is 0 Å². The summed E-state index contributed by atoms with van der Waals surface area (Å²) >= 11 is 0. The number of rotatable bonds is 4. The molecule has 0 spiro atoms. The zero-order valence-corrected chi connectivity index (χ0v) is 12.3. The molecule has 0 heterocycles. The van der Waals surface area contributed by atoms with Gasteiger partial charge in [0.1, 0.15) is 5.75 Å². The maximum absolute atomic E-state index is 12.5. The van der Waals surface area contributed by atoms with E-state index in [9.17, 15) is 4.79 Å². The Morgan fingerprint density at radius 3 is 2.25 bits per heavy atom. The van der Waals surface area contributed by atoms with Gasteiger partial charge in [-0.25, -0.2) is 0 Å². The predicted octanol–water partition coefficient (Wildman–Crippen LogP) is 3.58. The van der Waals surface area contributed by atoms with Crippen molar-refractivity contribution in [3.63, 3.8) is 0 Å². The normalized spacial score (nSPS) is 10.2. The highest BCUT2D eigenvalue weighted by Gasteiger charge is 2.13. The lowest BCUT2D eigenvalue weighted by atomic mass is 9.98. The molecule has 20 heavy (non-hydrogen) atoms. The summed E-state index contributed by atoms with van der Waals surface area (Å²) in [5.74, 6) is 0.862. The second-order valence-corrected chi connectivity index (χ2v) is 4.80. The van der Waals surface area contributed by atoms with Crippen molar-refractivity contribution in [2.75, 3.05) is 19.5 Å². The molecule has 0 saturated carbocycles. The molecular formula is C17H19NO2. The van der Waals surface area contributed by atoms with Gasteiger partial charge < -0.3 is 10.1 Å². The molecule has 0 fully saturated rings. The fraction of sp³-hybridized carbons (Fsp3) is 0.235. The summed E-state index contributed by atoms with van der Waals surface area (Å²) in [6.07, 6.45) is 0. The minimum Gasteiger partial charge on any atom is -0.496 e. The zero-order valence-electron chi connectivity index (χ0n) is 12.3. The van der Waals surface area contributed by atoms with E-state index in [1.54, 1.807) is 7.11 Å². The van der Waals surface area contributed by atoms with E-state index in [4.69, 9.17) is 4.74 Å². The lowest BCUT2D eigenvalue weighted by Gasteiger charge is -2.11. The van der Waals surface area contributed by atoms with Gasteiger partial charge in [-0.1, -0.05) is 12.1 Å². The van der Waals surface area contributed by atoms with Crippen molar-refractivity contribution >= 4 is 11.5 Å². The first-order valence-electron chi connectivity index (χ1n) is 6.54. The maximum atomic E-state index is 12.5. The summed E-state index contributed by atoms with van der Waals surface area (Å²) in [6, 6.07) is 11.2. The molecule has 104 valence electrons. The zero-order chi connectivity index (χ0) is 14.7. The van der Waals surface area contributed by atoms with Crippen LogP contribution >= 0.6 is 0 Å². The standard InChI is InChI=1S/C17H19NO2/c1-11-8-14(9-12(2)17(11)20-4)16(19)13-6-5-7-15(10-13)18-3/h5-10,18H,1-4H3. The minimum atomic E-state index is 0.0240. The van der Waals surface area contributed by atoms with E-state index in [1.165, 1.54) is 0 Å². The van der Waals surface area contributed by atoms with Gasteiger partial charge in [-0.15, -0.1) is 0 Å². The van der Waals surface area contributed by atoms with Gasteiger partial charge >= 0.3 is 0 Å². The fourth-order valence-electron chi connectivity index (χ4n) is 2.39. The monoisotopic (exact) mass is 269 g/mol. The van der Waals surface area contributed by atoms with Crippen LogP contribution < -0.4 is 10.1 Å². The highest BCUT2D eigenvalue weighted by Crippen LogP contribution is 2.26. The number of methoxy groups -OCH3 is 1. The Balaban J connectivity index is 2.43. The molecule has 2 aromatic rings. The Bertz CT molecular complexity index is 624. The summed E-state index contributed by atoms with van der Waals surface area (Å²) in [4.78, 5) is 12.5. The summed E-state index contributed by atoms with van der Waals surface area (Å²) in [5, 5.41) is 3.04. The fourth-order valence-corrected chi connectivity index (χ4v) is 2.39. The van der Waals surface area contributed by atoms with Crippen LogP contribution in [-0.4, -0.2) is 19.9 Å². The largest absolute Gasteiger partial charge is 0.496 e. The van der Waals surface area contributed by atoms with E-state index in [2.05, 4.69) is 5.32 Å². The molecule has 3 heteroatoms. The first-order chi connectivity index (χ1) is 9.56. The second kappa shape index (κ2) is 5.78. The van der Waals surface area contributed by atoms with Crippen LogP contribution in [0.4, 0.5) is 5.69 Å². The Morgan fingerprint density at radius 2 is 1.70 bits per heavy atom. The molecule has 0 amide bonds. The number of hydrogen-bond donors (Lipinski definition) is 1. The molecule has 0 unspecified atom stereocenters. The molecule has 0 atom stereocenters. The Kier molecular flexibility index (Phi) is 4.08. The molecule has 0 radical (unpaired) electrons. The quantitative estimate of drug-likeness (QED) is 0.862. The van der Waals surface area contributed by atoms with Crippen LogP contribution in [0, 0.1) is 13.8 Å². The summed E-state index contributed by atoms with van der Waals surface area (Å²) in [7, 11) is 3.48. The van der Waals surface area contributed by atoms with Crippen LogP contribution in [-0.2, 0) is 0 Å². The molecule has 2 aromatic carbocycles. The molecule has 0 bridgehead atoms. The van der Waals surface area contributed by atoms with E-state index in [0.29, 0.717) is 11.1 Å². The summed E-state index contributed by atoms with van der Waals surface area (Å²) in [6.45, 7) is 3.90. The van der Waals surface area contributed by atoms with E-state index >= 15 is 0 Å². The topological polar surface area (TPSA) is 38.3 Å². The van der Waals surface area contributed by atoms with Gasteiger partial charge in [0.15, 0.2) is 5.78 Å². The molecule has 3 nitrogen and oxygen atoms in total. The van der Waals surface area contributed by atoms with Gasteiger partial charge in [-0.3, -0.25) is 4.79 Å². The molecule has 0 aliphatic heterocycles. The van der Waals surface area contributed by atoms with Crippen LogP contribution in [0.3, 0.4) is 0 Å². The van der Waals surface area contributed by atoms with Crippen molar-refractivity contribution in [1.82, 2.24) is 0 Å². The number of nitrogens with one attached hydrogen (secondary N) is 1. The second-order valence-electron chi connectivity index (χ2n) is 4.80. The number of aryl methyl sites for hydroxylation is 2. The Labute approximate surface area is 119 Å². The number of carbonyl (C=O) groups excluding carboxylic acids is 1. The van der Waals surface area contributed by atoms with Crippen LogP contribution in [0.25, 0.3) is 0 Å². The van der Waals surface area contributed by atoms with Crippen LogP contribution in [0.15, 0.2) is 36.4 Å². The summed E-state index contributed by atoms with van der Waals surface area (Å²) < 4.78 is 5.33. The molecule has 1 N–H and O–H groups in total. The van der Waals surface area contributed by atoms with E-state index in [0.717, 1.165) is 22.6 Å². The molecule has 2 rings (SSSR count). The van der Waals surface area contributed by atoms with Crippen LogP contribution in [0.5, 0.6) is 5.75 Å². The average Bonchev–Trinajstić information content (AvgIpc) is 2.46. The van der Waals surface area contributed by atoms with Gasteiger partial charge in [0.05, 0.1) is 7.11 Å². The SMILES string of the molecule is CNc1cccc(C(=O)c2cc(C)c(OC)c(C)c2)c1. The van der Waals surface area contributed by atoms with Gasteiger partial charge in [0, 0.05) is 23.9 Å². The van der Waals surface area contributed by atoms with Crippen molar-refractivity contribution in [3.8, 4) is 5.75 Å². The molecule has 0 aromatic heterocycles. The predicted molar refractivity (Wildman–Crippen MR) is 81.9 cm³/mol. The first-order valence-corrected chi connectivity index (χ1v) is 6.54. The Morgan fingerprint density at radius 1 is 1.05 bits per heavy atom. The third kappa shape index (κ3) is 2.67. The van der Waals surface area contributed by atoms with Crippen molar-refractivity contribution in [2.45, 2.75) is 13.8 Å². The van der Waals surface area contributed by atoms with Crippen molar-refractivity contribution in [3.05, 3.63) is 58.7 Å². The Hall–Kier alpha value is -2.29. The third-order valence-corrected chi connectivity index (χ3v) is 3.34. The third-order valence-electron chi connectivity index (χ3n) is 3.34. The number of ketones is 1.